The molecule has 0 rings (SSSR count). The second-order valence-electron chi connectivity index (χ2n) is 26.2. The number of hydrogen-bond acceptors (Lipinski definition) is 15. The van der Waals surface area contributed by atoms with Gasteiger partial charge in [0.2, 0.25) is 0 Å². The number of carbonyl (C=O) groups is 4. The van der Waals surface area contributed by atoms with E-state index >= 15 is 0 Å². The van der Waals surface area contributed by atoms with Crippen LogP contribution in [0, 0.1) is 11.8 Å². The molecule has 17 nitrogen and oxygen atoms in total. The van der Waals surface area contributed by atoms with Crippen molar-refractivity contribution in [1.29, 1.82) is 0 Å². The number of phosphoric ester groups is 2. The second-order valence-corrected chi connectivity index (χ2v) is 29.1. The van der Waals surface area contributed by atoms with Gasteiger partial charge in [-0.2, -0.15) is 0 Å². The van der Waals surface area contributed by atoms with Crippen molar-refractivity contribution in [3.05, 3.63) is 0 Å². The Morgan fingerprint density at radius 2 is 0.517 bits per heavy atom. The molecule has 0 aromatic rings. The molecule has 3 N–H and O–H groups in total. The number of carbonyl (C=O) groups excluding carboxylic acids is 4. The van der Waals surface area contributed by atoms with Crippen LogP contribution in [0.4, 0.5) is 0 Å². The van der Waals surface area contributed by atoms with Gasteiger partial charge in [-0.3, -0.25) is 37.3 Å². The predicted molar refractivity (Wildman–Crippen MR) is 358 cm³/mol. The zero-order valence-corrected chi connectivity index (χ0v) is 59.5. The molecule has 0 fully saturated rings. The number of rotatable bonds is 69. The number of aliphatic hydroxyl groups is 1. The fourth-order valence-electron chi connectivity index (χ4n) is 10.6. The van der Waals surface area contributed by atoms with E-state index in [9.17, 15) is 43.2 Å². The molecule has 0 aromatic carbocycles. The summed E-state index contributed by atoms with van der Waals surface area (Å²) in [4.78, 5) is 72.4. The minimum atomic E-state index is -4.95. The number of hydrogen-bond donors (Lipinski definition) is 3. The minimum Gasteiger partial charge on any atom is -0.462 e. The van der Waals surface area contributed by atoms with Crippen molar-refractivity contribution in [3.63, 3.8) is 0 Å². The summed E-state index contributed by atoms with van der Waals surface area (Å²) in [5, 5.41) is 10.6. The van der Waals surface area contributed by atoms with Crippen molar-refractivity contribution < 1.29 is 80.2 Å². The number of ether oxygens (including phenoxy) is 4. The molecular formula is C70H136O17P2. The van der Waals surface area contributed by atoms with Crippen molar-refractivity contribution in [2.24, 2.45) is 11.8 Å². The smallest absolute Gasteiger partial charge is 0.462 e. The first-order valence-electron chi connectivity index (χ1n) is 36.5. The minimum absolute atomic E-state index is 0.102. The van der Waals surface area contributed by atoms with E-state index in [4.69, 9.17) is 37.0 Å². The molecule has 19 heteroatoms. The van der Waals surface area contributed by atoms with E-state index in [-0.39, 0.29) is 25.7 Å². The predicted octanol–water partition coefficient (Wildman–Crippen LogP) is 20.0. The van der Waals surface area contributed by atoms with Gasteiger partial charge in [-0.15, -0.1) is 0 Å². The van der Waals surface area contributed by atoms with Crippen molar-refractivity contribution >= 4 is 39.5 Å². The van der Waals surface area contributed by atoms with E-state index in [0.29, 0.717) is 31.6 Å². The van der Waals surface area contributed by atoms with Crippen LogP contribution in [0.3, 0.4) is 0 Å². The molecule has 0 bridgehead atoms. The summed E-state index contributed by atoms with van der Waals surface area (Å²) in [6.07, 6.45) is 47.4. The Labute approximate surface area is 543 Å². The molecule has 0 saturated carbocycles. The Morgan fingerprint density at radius 1 is 0.303 bits per heavy atom. The van der Waals surface area contributed by atoms with Crippen LogP contribution in [-0.2, 0) is 65.4 Å². The topological polar surface area (TPSA) is 237 Å². The molecule has 0 aliphatic carbocycles. The standard InChI is InChI=1S/C70H136O17P2/c1-7-9-11-13-15-17-18-19-20-24-27-30-34-41-47-53-68(73)81-58-65(86-69(74)54-48-42-35-31-28-25-22-21-23-26-29-32-38-44-50-62(3)4)60-84-88(76,77)82-56-64(71)57-83-89(78,79)85-61-66(59-80-67(72)52-46-40-33-16-14-12-10-8-2)87-70(75)55-49-43-37-36-39-45-51-63(5)6/h62-66,71H,7-61H2,1-6H3,(H,76,77)(H,78,79)/t64-,65-,66-/m1/s1. The molecule has 0 amide bonds. The first-order valence-corrected chi connectivity index (χ1v) is 39.5. The molecule has 89 heavy (non-hydrogen) atoms. The molecule has 0 spiro atoms. The normalized spacial score (nSPS) is 14.1. The third-order valence-electron chi connectivity index (χ3n) is 16.2. The summed E-state index contributed by atoms with van der Waals surface area (Å²) < 4.78 is 68.2. The molecule has 0 aliphatic rings. The third-order valence-corrected chi connectivity index (χ3v) is 18.1. The van der Waals surface area contributed by atoms with Gasteiger partial charge in [0.05, 0.1) is 26.4 Å². The van der Waals surface area contributed by atoms with Gasteiger partial charge in [0.25, 0.3) is 0 Å². The Hall–Kier alpha value is -1.94. The maximum atomic E-state index is 13.0. The lowest BCUT2D eigenvalue weighted by molar-refractivity contribution is -0.161. The highest BCUT2D eigenvalue weighted by Crippen LogP contribution is 2.45. The van der Waals surface area contributed by atoms with Crippen molar-refractivity contribution in [1.82, 2.24) is 0 Å². The van der Waals surface area contributed by atoms with Gasteiger partial charge in [-0.25, -0.2) is 9.13 Å². The number of unbranched alkanes of at least 4 members (excludes halogenated alkanes) is 39. The lowest BCUT2D eigenvalue weighted by atomic mass is 10.0. The van der Waals surface area contributed by atoms with Crippen LogP contribution >= 0.6 is 15.6 Å². The van der Waals surface area contributed by atoms with Crippen LogP contribution in [-0.4, -0.2) is 96.7 Å². The quantitative estimate of drug-likeness (QED) is 0.0222. The van der Waals surface area contributed by atoms with Crippen molar-refractivity contribution in [2.45, 2.75) is 374 Å². The Morgan fingerprint density at radius 3 is 0.764 bits per heavy atom. The Balaban J connectivity index is 5.20. The molecule has 0 aromatic heterocycles. The molecule has 528 valence electrons. The Kier molecular flexibility index (Phi) is 60.8. The largest absolute Gasteiger partial charge is 0.472 e. The summed E-state index contributed by atoms with van der Waals surface area (Å²) in [5.74, 6) is -0.665. The highest BCUT2D eigenvalue weighted by molar-refractivity contribution is 7.47. The van der Waals surface area contributed by atoms with Crippen LogP contribution in [0.1, 0.15) is 356 Å². The fraction of sp³-hybridized carbons (Fsp3) is 0.943. The first kappa shape index (κ1) is 87.1. The van der Waals surface area contributed by atoms with Crippen LogP contribution in [0.15, 0.2) is 0 Å². The zero-order valence-electron chi connectivity index (χ0n) is 57.7. The van der Waals surface area contributed by atoms with Crippen LogP contribution in [0.5, 0.6) is 0 Å². The summed E-state index contributed by atoms with van der Waals surface area (Å²) >= 11 is 0. The van der Waals surface area contributed by atoms with Gasteiger partial charge in [-0.1, -0.05) is 305 Å². The zero-order chi connectivity index (χ0) is 65.7. The Bertz CT molecular complexity index is 1730. The van der Waals surface area contributed by atoms with Gasteiger partial charge in [0.15, 0.2) is 12.2 Å². The molecule has 0 saturated heterocycles. The van der Waals surface area contributed by atoms with E-state index < -0.39 is 97.5 Å². The van der Waals surface area contributed by atoms with Crippen LogP contribution in [0.2, 0.25) is 0 Å². The highest BCUT2D eigenvalue weighted by Gasteiger charge is 2.30. The van der Waals surface area contributed by atoms with Crippen molar-refractivity contribution in [3.8, 4) is 0 Å². The molecule has 5 atom stereocenters. The van der Waals surface area contributed by atoms with Crippen LogP contribution in [0.25, 0.3) is 0 Å². The average molecular weight is 1310 g/mol. The first-order chi connectivity index (χ1) is 42.9. The van der Waals surface area contributed by atoms with E-state index in [1.807, 2.05) is 0 Å². The number of esters is 4. The van der Waals surface area contributed by atoms with E-state index in [0.717, 1.165) is 102 Å². The SMILES string of the molecule is CCCCCCCCCCCCCCCCCC(=O)OC[C@H](COP(=O)(O)OC[C@@H](O)COP(=O)(O)OC[C@@H](COC(=O)CCCCCCCCCC)OC(=O)CCCCCCCCC(C)C)OC(=O)CCCCCCCCCCCCCCCCC(C)C. The number of aliphatic hydroxyl groups excluding tert-OH is 1. The van der Waals surface area contributed by atoms with Gasteiger partial charge >= 0.3 is 39.5 Å². The van der Waals surface area contributed by atoms with Gasteiger partial charge in [-0.05, 0) is 37.5 Å². The van der Waals surface area contributed by atoms with Gasteiger partial charge in [0, 0.05) is 25.7 Å². The summed E-state index contributed by atoms with van der Waals surface area (Å²) in [6.45, 7) is 9.45. The number of phosphoric acid groups is 2. The molecule has 0 radical (unpaired) electrons. The molecule has 2 unspecified atom stereocenters. The molecular weight excluding hydrogens is 1170 g/mol. The maximum absolute atomic E-state index is 13.0. The summed E-state index contributed by atoms with van der Waals surface area (Å²) in [6, 6.07) is 0. The lowest BCUT2D eigenvalue weighted by Crippen LogP contribution is -2.30. The third kappa shape index (κ3) is 64.6. The van der Waals surface area contributed by atoms with E-state index in [1.54, 1.807) is 0 Å². The van der Waals surface area contributed by atoms with Crippen LogP contribution < -0.4 is 0 Å². The maximum Gasteiger partial charge on any atom is 0.472 e. The fourth-order valence-corrected chi connectivity index (χ4v) is 12.2. The molecule has 0 aliphatic heterocycles. The van der Waals surface area contributed by atoms with Crippen molar-refractivity contribution in [2.75, 3.05) is 39.6 Å². The lowest BCUT2D eigenvalue weighted by Gasteiger charge is -2.21. The van der Waals surface area contributed by atoms with E-state index in [1.165, 1.54) is 167 Å². The van der Waals surface area contributed by atoms with Gasteiger partial charge in [0.1, 0.15) is 19.3 Å². The van der Waals surface area contributed by atoms with E-state index in [2.05, 4.69) is 41.5 Å². The second kappa shape index (κ2) is 62.2. The summed E-state index contributed by atoms with van der Waals surface area (Å²) in [7, 11) is -9.89. The summed E-state index contributed by atoms with van der Waals surface area (Å²) in [5.41, 5.74) is 0. The highest BCUT2D eigenvalue weighted by atomic mass is 31.2. The van der Waals surface area contributed by atoms with Gasteiger partial charge < -0.3 is 33.8 Å². The molecule has 0 heterocycles. The monoisotopic (exact) mass is 1310 g/mol. The average Bonchev–Trinajstić information content (AvgIpc) is 3.71.